The van der Waals surface area contributed by atoms with Gasteiger partial charge in [-0.15, -0.1) is 24.0 Å². The molecule has 1 saturated heterocycles. The molecule has 1 aliphatic rings. The molecule has 0 saturated carbocycles. The summed E-state index contributed by atoms with van der Waals surface area (Å²) in [7, 11) is 0. The van der Waals surface area contributed by atoms with E-state index in [2.05, 4.69) is 62.6 Å². The Morgan fingerprint density at radius 3 is 2.52 bits per heavy atom. The van der Waals surface area contributed by atoms with Crippen LogP contribution in [0.1, 0.15) is 51.7 Å². The normalized spacial score (nSPS) is 17.4. The van der Waals surface area contributed by atoms with E-state index in [0.717, 1.165) is 32.0 Å². The van der Waals surface area contributed by atoms with Gasteiger partial charge in [-0.3, -0.25) is 9.79 Å². The average Bonchev–Trinajstić information content (AvgIpc) is 3.08. The second-order valence-electron chi connectivity index (χ2n) is 7.77. The Morgan fingerprint density at radius 1 is 1.26 bits per heavy atom. The molecular formula is C21H35IN4O. The fourth-order valence-electron chi connectivity index (χ4n) is 3.21. The van der Waals surface area contributed by atoms with Crippen LogP contribution in [0.3, 0.4) is 0 Å². The maximum absolute atomic E-state index is 11.9. The third kappa shape index (κ3) is 6.97. The smallest absolute Gasteiger partial charge is 0.222 e. The number of halogens is 1. The minimum Gasteiger partial charge on any atom is -0.357 e. The number of amides is 1. The highest BCUT2D eigenvalue weighted by Gasteiger charge is 2.26. The maximum atomic E-state index is 11.9. The average molecular weight is 486 g/mol. The van der Waals surface area contributed by atoms with E-state index in [4.69, 9.17) is 4.99 Å². The van der Waals surface area contributed by atoms with Crippen LogP contribution in [0.25, 0.3) is 0 Å². The Balaban J connectivity index is 0.00000364. The molecule has 27 heavy (non-hydrogen) atoms. The number of aliphatic imine (C=N–C) groups is 1. The fraction of sp³-hybridized carbons (Fsp3) is 0.619. The van der Waals surface area contributed by atoms with Gasteiger partial charge in [-0.1, -0.05) is 50.6 Å². The molecule has 2 N–H and O–H groups in total. The van der Waals surface area contributed by atoms with Crippen molar-refractivity contribution >= 4 is 35.8 Å². The topological polar surface area (TPSA) is 56.7 Å². The Morgan fingerprint density at radius 2 is 1.93 bits per heavy atom. The number of carbonyl (C=O) groups is 1. The summed E-state index contributed by atoms with van der Waals surface area (Å²) in [6, 6.07) is 8.96. The van der Waals surface area contributed by atoms with E-state index in [1.165, 1.54) is 11.1 Å². The Hall–Kier alpha value is -1.31. The lowest BCUT2D eigenvalue weighted by molar-refractivity contribution is -0.129. The molecule has 0 aromatic heterocycles. The monoisotopic (exact) mass is 486 g/mol. The molecule has 0 bridgehead atoms. The van der Waals surface area contributed by atoms with Gasteiger partial charge in [0.1, 0.15) is 0 Å². The number of carbonyl (C=O) groups excluding carboxylic acids is 1. The molecule has 1 aromatic rings. The van der Waals surface area contributed by atoms with Gasteiger partial charge in [0.05, 0.1) is 6.54 Å². The van der Waals surface area contributed by atoms with Crippen LogP contribution in [0.5, 0.6) is 0 Å². The highest BCUT2D eigenvalue weighted by molar-refractivity contribution is 14.0. The molecule has 5 nitrogen and oxygen atoms in total. The molecule has 0 radical (unpaired) electrons. The van der Waals surface area contributed by atoms with Gasteiger partial charge in [0, 0.05) is 37.5 Å². The lowest BCUT2D eigenvalue weighted by Gasteiger charge is -2.25. The van der Waals surface area contributed by atoms with Gasteiger partial charge in [-0.2, -0.15) is 0 Å². The molecule has 1 unspecified atom stereocenters. The second-order valence-corrected chi connectivity index (χ2v) is 7.77. The van der Waals surface area contributed by atoms with Gasteiger partial charge in [-0.25, -0.2) is 0 Å². The first-order valence-corrected chi connectivity index (χ1v) is 9.75. The summed E-state index contributed by atoms with van der Waals surface area (Å²) in [5.41, 5.74) is 2.54. The van der Waals surface area contributed by atoms with Gasteiger partial charge in [0.2, 0.25) is 5.91 Å². The van der Waals surface area contributed by atoms with Crippen molar-refractivity contribution in [3.05, 3.63) is 35.4 Å². The zero-order chi connectivity index (χ0) is 19.2. The number of guanidine groups is 1. The van der Waals surface area contributed by atoms with Gasteiger partial charge in [0.25, 0.3) is 0 Å². The first-order valence-electron chi connectivity index (χ1n) is 9.75. The van der Waals surface area contributed by atoms with Crippen molar-refractivity contribution in [3.8, 4) is 0 Å². The van der Waals surface area contributed by atoms with Crippen LogP contribution in [0.15, 0.2) is 29.3 Å². The summed E-state index contributed by atoms with van der Waals surface area (Å²) >= 11 is 0. The highest BCUT2D eigenvalue weighted by Crippen LogP contribution is 2.23. The van der Waals surface area contributed by atoms with Crippen molar-refractivity contribution in [2.24, 2.45) is 4.99 Å². The molecule has 1 amide bonds. The van der Waals surface area contributed by atoms with Crippen molar-refractivity contribution in [1.29, 1.82) is 0 Å². The van der Waals surface area contributed by atoms with Crippen LogP contribution in [0.4, 0.5) is 0 Å². The van der Waals surface area contributed by atoms with Gasteiger partial charge in [-0.05, 0) is 25.8 Å². The third-order valence-corrected chi connectivity index (χ3v) is 4.99. The van der Waals surface area contributed by atoms with E-state index in [-0.39, 0.29) is 41.3 Å². The quantitative estimate of drug-likeness (QED) is 0.368. The number of hydrogen-bond acceptors (Lipinski definition) is 2. The molecule has 1 aliphatic heterocycles. The third-order valence-electron chi connectivity index (χ3n) is 4.99. The van der Waals surface area contributed by atoms with Crippen LogP contribution < -0.4 is 10.6 Å². The zero-order valence-electron chi connectivity index (χ0n) is 17.3. The lowest BCUT2D eigenvalue weighted by atomic mass is 9.84. The van der Waals surface area contributed by atoms with Crippen molar-refractivity contribution in [2.75, 3.05) is 26.2 Å². The minimum atomic E-state index is -0.0318. The summed E-state index contributed by atoms with van der Waals surface area (Å²) in [6.07, 6.45) is 1.54. The van der Waals surface area contributed by atoms with Crippen LogP contribution in [0.2, 0.25) is 0 Å². The standard InChI is InChI=1S/C21H34N4O.HI/c1-6-19(26)25-13-12-18(14-25)24-20(22-7-2)23-15-21(4,5)17-10-8-16(3)9-11-17;/h8-11,18H,6-7,12-15H2,1-5H3,(H2,22,23,24);1H. The number of nitrogens with zero attached hydrogens (tertiary/aromatic N) is 2. The van der Waals surface area contributed by atoms with Crippen LogP contribution in [0, 0.1) is 6.92 Å². The summed E-state index contributed by atoms with van der Waals surface area (Å²) in [6.45, 7) is 13.7. The van der Waals surface area contributed by atoms with Gasteiger partial charge in [0.15, 0.2) is 5.96 Å². The number of likely N-dealkylation sites (tertiary alicyclic amines) is 1. The van der Waals surface area contributed by atoms with E-state index in [1.54, 1.807) is 0 Å². The second kappa shape index (κ2) is 10.9. The molecule has 1 heterocycles. The Labute approximate surface area is 181 Å². The van der Waals surface area contributed by atoms with Crippen molar-refractivity contribution < 1.29 is 4.79 Å². The van der Waals surface area contributed by atoms with Crippen LogP contribution >= 0.6 is 24.0 Å². The molecule has 0 aliphatic carbocycles. The molecule has 6 heteroatoms. The molecular weight excluding hydrogens is 451 g/mol. The van der Waals surface area contributed by atoms with Gasteiger partial charge >= 0.3 is 0 Å². The van der Waals surface area contributed by atoms with E-state index >= 15 is 0 Å². The molecule has 1 fully saturated rings. The first kappa shape index (κ1) is 23.7. The fourth-order valence-corrected chi connectivity index (χ4v) is 3.21. The maximum Gasteiger partial charge on any atom is 0.222 e. The predicted octanol–water partition coefficient (Wildman–Crippen LogP) is 3.46. The van der Waals surface area contributed by atoms with E-state index < -0.39 is 0 Å². The Bertz CT molecular complexity index is 628. The van der Waals surface area contributed by atoms with E-state index in [0.29, 0.717) is 13.0 Å². The summed E-state index contributed by atoms with van der Waals surface area (Å²) < 4.78 is 0. The summed E-state index contributed by atoms with van der Waals surface area (Å²) in [4.78, 5) is 18.6. The van der Waals surface area contributed by atoms with E-state index in [1.807, 2.05) is 11.8 Å². The lowest BCUT2D eigenvalue weighted by Crippen LogP contribution is -2.45. The van der Waals surface area contributed by atoms with Crippen LogP contribution in [-0.4, -0.2) is 49.0 Å². The first-order chi connectivity index (χ1) is 12.4. The van der Waals surface area contributed by atoms with E-state index in [9.17, 15) is 4.79 Å². The zero-order valence-corrected chi connectivity index (χ0v) is 19.7. The number of hydrogen-bond donors (Lipinski definition) is 2. The van der Waals surface area contributed by atoms with Gasteiger partial charge < -0.3 is 15.5 Å². The van der Waals surface area contributed by atoms with Crippen molar-refractivity contribution in [2.45, 2.75) is 58.9 Å². The number of aryl methyl sites for hydroxylation is 1. The minimum absolute atomic E-state index is 0. The predicted molar refractivity (Wildman–Crippen MR) is 124 cm³/mol. The molecule has 1 atom stereocenters. The SMILES string of the molecule is CCNC(=NCC(C)(C)c1ccc(C)cc1)NC1CCN(C(=O)CC)C1.I. The highest BCUT2D eigenvalue weighted by atomic mass is 127. The van der Waals surface area contributed by atoms with Crippen molar-refractivity contribution in [3.63, 3.8) is 0 Å². The molecule has 2 rings (SSSR count). The summed E-state index contributed by atoms with van der Waals surface area (Å²) in [5.74, 6) is 1.07. The molecule has 0 spiro atoms. The number of benzene rings is 1. The summed E-state index contributed by atoms with van der Waals surface area (Å²) in [5, 5.41) is 6.84. The largest absolute Gasteiger partial charge is 0.357 e. The molecule has 152 valence electrons. The number of rotatable bonds is 6. The molecule has 1 aromatic carbocycles. The van der Waals surface area contributed by atoms with Crippen molar-refractivity contribution in [1.82, 2.24) is 15.5 Å². The number of nitrogens with one attached hydrogen (secondary N) is 2. The van der Waals surface area contributed by atoms with Crippen LogP contribution in [-0.2, 0) is 10.2 Å². The Kier molecular flexibility index (Phi) is 9.56.